The van der Waals surface area contributed by atoms with E-state index in [0.717, 1.165) is 6.42 Å². The zero-order valence-corrected chi connectivity index (χ0v) is 7.77. The van der Waals surface area contributed by atoms with Crippen molar-refractivity contribution in [1.82, 2.24) is 0 Å². The molecular formula is C10H15Cl. The van der Waals surface area contributed by atoms with Crippen molar-refractivity contribution in [2.24, 2.45) is 0 Å². The van der Waals surface area contributed by atoms with Gasteiger partial charge in [0, 0.05) is 0 Å². The number of rotatable bonds is 3. The smallest absolute Gasteiger partial charge is 0.0553 e. The van der Waals surface area contributed by atoms with Crippen molar-refractivity contribution < 1.29 is 0 Å². The average molecular weight is 171 g/mol. The molecule has 1 aliphatic carbocycles. The summed E-state index contributed by atoms with van der Waals surface area (Å²) in [6.07, 6.45) is 11.3. The maximum Gasteiger partial charge on any atom is 0.0553 e. The van der Waals surface area contributed by atoms with E-state index in [9.17, 15) is 0 Å². The summed E-state index contributed by atoms with van der Waals surface area (Å²) in [7, 11) is 0. The molecule has 1 unspecified atom stereocenters. The first kappa shape index (κ1) is 8.86. The van der Waals surface area contributed by atoms with Crippen LogP contribution < -0.4 is 0 Å². The highest BCUT2D eigenvalue weighted by atomic mass is 35.5. The number of allylic oxidation sites excluding steroid dienone is 4. The van der Waals surface area contributed by atoms with E-state index < -0.39 is 0 Å². The molecule has 0 bridgehead atoms. The van der Waals surface area contributed by atoms with Gasteiger partial charge in [0.15, 0.2) is 0 Å². The van der Waals surface area contributed by atoms with Gasteiger partial charge in [0.25, 0.3) is 0 Å². The van der Waals surface area contributed by atoms with Gasteiger partial charge in [0.2, 0.25) is 0 Å². The van der Waals surface area contributed by atoms with E-state index in [4.69, 9.17) is 11.6 Å². The first-order valence-electron chi connectivity index (χ1n) is 4.34. The van der Waals surface area contributed by atoms with Crippen molar-refractivity contribution in [1.29, 1.82) is 0 Å². The summed E-state index contributed by atoms with van der Waals surface area (Å²) < 4.78 is 0. The fourth-order valence-corrected chi connectivity index (χ4v) is 1.37. The Hall–Kier alpha value is -0.230. The summed E-state index contributed by atoms with van der Waals surface area (Å²) >= 11 is 5.88. The van der Waals surface area contributed by atoms with Gasteiger partial charge in [-0.15, -0.1) is 11.6 Å². The third kappa shape index (κ3) is 3.11. The summed E-state index contributed by atoms with van der Waals surface area (Å²) in [5, 5.41) is 0.236. The van der Waals surface area contributed by atoms with Crippen molar-refractivity contribution in [3.05, 3.63) is 23.8 Å². The third-order valence-electron chi connectivity index (χ3n) is 1.94. The summed E-state index contributed by atoms with van der Waals surface area (Å²) in [5.74, 6) is 0. The fourth-order valence-electron chi connectivity index (χ4n) is 1.20. The van der Waals surface area contributed by atoms with Crippen LogP contribution in [0.15, 0.2) is 23.8 Å². The van der Waals surface area contributed by atoms with E-state index in [-0.39, 0.29) is 5.38 Å². The summed E-state index contributed by atoms with van der Waals surface area (Å²) in [4.78, 5) is 0. The topological polar surface area (TPSA) is 0 Å². The first-order valence-corrected chi connectivity index (χ1v) is 4.78. The van der Waals surface area contributed by atoms with Crippen LogP contribution in [0, 0.1) is 0 Å². The highest BCUT2D eigenvalue weighted by molar-refractivity contribution is 6.22. The molecule has 0 nitrogen and oxygen atoms in total. The molecule has 1 heteroatoms. The molecule has 0 heterocycles. The van der Waals surface area contributed by atoms with E-state index in [1.54, 1.807) is 0 Å². The quantitative estimate of drug-likeness (QED) is 0.567. The monoisotopic (exact) mass is 170 g/mol. The molecule has 1 atom stereocenters. The summed E-state index contributed by atoms with van der Waals surface area (Å²) in [6, 6.07) is 0. The molecule has 0 aromatic carbocycles. The molecule has 0 radical (unpaired) electrons. The fraction of sp³-hybridized carbons (Fsp3) is 0.600. The lowest BCUT2D eigenvalue weighted by molar-refractivity contribution is 0.789. The van der Waals surface area contributed by atoms with Gasteiger partial charge in [-0.05, 0) is 19.3 Å². The zero-order chi connectivity index (χ0) is 8.10. The molecule has 0 aliphatic heterocycles. The molecule has 0 amide bonds. The van der Waals surface area contributed by atoms with Gasteiger partial charge < -0.3 is 0 Å². The Bertz CT molecular complexity index is 168. The van der Waals surface area contributed by atoms with Gasteiger partial charge in [-0.3, -0.25) is 0 Å². The second-order valence-corrected chi connectivity index (χ2v) is 3.55. The Balaban J connectivity index is 2.31. The average Bonchev–Trinajstić information content (AvgIpc) is 2.04. The first-order chi connectivity index (χ1) is 5.33. The number of hydrogen-bond acceptors (Lipinski definition) is 0. The van der Waals surface area contributed by atoms with Crippen LogP contribution in [0.25, 0.3) is 0 Å². The summed E-state index contributed by atoms with van der Waals surface area (Å²) in [6.45, 7) is 2.22. The Morgan fingerprint density at radius 1 is 1.64 bits per heavy atom. The maximum absolute atomic E-state index is 5.88. The van der Waals surface area contributed by atoms with Crippen molar-refractivity contribution in [2.45, 2.75) is 38.0 Å². The van der Waals surface area contributed by atoms with Crippen LogP contribution in [-0.2, 0) is 0 Å². The van der Waals surface area contributed by atoms with Gasteiger partial charge in [-0.2, -0.15) is 0 Å². The van der Waals surface area contributed by atoms with Crippen molar-refractivity contribution in [3.8, 4) is 0 Å². The van der Waals surface area contributed by atoms with Crippen LogP contribution in [0.4, 0.5) is 0 Å². The van der Waals surface area contributed by atoms with E-state index in [1.165, 1.54) is 24.8 Å². The van der Waals surface area contributed by atoms with Gasteiger partial charge in [-0.25, -0.2) is 0 Å². The van der Waals surface area contributed by atoms with Crippen LogP contribution in [0.1, 0.15) is 32.6 Å². The standard InChI is InChI=1S/C10H15Cl/c1-2-3-4-9-5-7-10(11)8-6-9/h5-7,10H,2-4,8H2,1H3. The Morgan fingerprint density at radius 3 is 3.00 bits per heavy atom. The predicted molar refractivity (Wildman–Crippen MR) is 51.0 cm³/mol. The molecule has 0 aromatic heterocycles. The largest absolute Gasteiger partial charge is 0.118 e. The molecule has 0 fully saturated rings. The Labute approximate surface area is 73.9 Å². The third-order valence-corrected chi connectivity index (χ3v) is 2.27. The van der Waals surface area contributed by atoms with Crippen LogP contribution in [0.5, 0.6) is 0 Å². The molecule has 0 saturated heterocycles. The number of unbranched alkanes of at least 4 members (excludes halogenated alkanes) is 1. The predicted octanol–water partition coefficient (Wildman–Crippen LogP) is 3.67. The molecule has 0 aromatic rings. The molecule has 11 heavy (non-hydrogen) atoms. The molecule has 0 N–H and O–H groups in total. The molecule has 1 aliphatic rings. The molecule has 0 spiro atoms. The normalized spacial score (nSPS) is 23.5. The SMILES string of the molecule is CCCCC1=CCC(Cl)C=C1. The van der Waals surface area contributed by atoms with Gasteiger partial charge in [0.1, 0.15) is 0 Å². The Morgan fingerprint density at radius 2 is 2.45 bits per heavy atom. The van der Waals surface area contributed by atoms with Crippen LogP contribution in [-0.4, -0.2) is 5.38 Å². The van der Waals surface area contributed by atoms with Gasteiger partial charge in [-0.1, -0.05) is 37.1 Å². The lowest BCUT2D eigenvalue weighted by atomic mass is 10.0. The highest BCUT2D eigenvalue weighted by Crippen LogP contribution is 2.18. The maximum atomic E-state index is 5.88. The minimum atomic E-state index is 0.236. The molecule has 1 rings (SSSR count). The number of alkyl halides is 1. The Kier molecular flexibility index (Phi) is 3.71. The van der Waals surface area contributed by atoms with E-state index in [0.29, 0.717) is 0 Å². The second kappa shape index (κ2) is 4.61. The van der Waals surface area contributed by atoms with Crippen molar-refractivity contribution in [2.75, 3.05) is 0 Å². The number of halogens is 1. The van der Waals surface area contributed by atoms with E-state index in [1.807, 2.05) is 0 Å². The van der Waals surface area contributed by atoms with E-state index in [2.05, 4.69) is 25.2 Å². The lowest BCUT2D eigenvalue weighted by Gasteiger charge is -2.09. The molecule has 62 valence electrons. The molecular weight excluding hydrogens is 156 g/mol. The van der Waals surface area contributed by atoms with E-state index >= 15 is 0 Å². The van der Waals surface area contributed by atoms with Crippen LogP contribution >= 0.6 is 11.6 Å². The number of hydrogen-bond donors (Lipinski definition) is 0. The van der Waals surface area contributed by atoms with Gasteiger partial charge >= 0.3 is 0 Å². The minimum Gasteiger partial charge on any atom is -0.118 e. The van der Waals surface area contributed by atoms with Crippen molar-refractivity contribution >= 4 is 11.6 Å². The molecule has 0 saturated carbocycles. The van der Waals surface area contributed by atoms with Crippen molar-refractivity contribution in [3.63, 3.8) is 0 Å². The van der Waals surface area contributed by atoms with Gasteiger partial charge in [0.05, 0.1) is 5.38 Å². The summed E-state index contributed by atoms with van der Waals surface area (Å²) in [5.41, 5.74) is 1.46. The zero-order valence-electron chi connectivity index (χ0n) is 7.02. The highest BCUT2D eigenvalue weighted by Gasteiger charge is 2.03. The van der Waals surface area contributed by atoms with Crippen LogP contribution in [0.3, 0.4) is 0 Å². The second-order valence-electron chi connectivity index (χ2n) is 2.99. The minimum absolute atomic E-state index is 0.236. The lowest BCUT2D eigenvalue weighted by Crippen LogP contribution is -1.96. The van der Waals surface area contributed by atoms with Crippen LogP contribution in [0.2, 0.25) is 0 Å².